The van der Waals surface area contributed by atoms with Crippen molar-refractivity contribution in [3.8, 4) is 17.2 Å². The number of hydrogen-bond acceptors (Lipinski definition) is 12. The maximum absolute atomic E-state index is 12.8. The molecule has 0 aliphatic heterocycles. The number of phenols is 1. The van der Waals surface area contributed by atoms with Gasteiger partial charge in [0.25, 0.3) is 5.91 Å². The Morgan fingerprint density at radius 2 is 0.977 bits per heavy atom. The molecule has 2 N–H and O–H groups in total. The Kier molecular flexibility index (Phi) is 24.7. The zero-order chi connectivity index (χ0) is 31.4. The Morgan fingerprint density at radius 1 is 0.628 bits per heavy atom. The third-order valence-electron chi connectivity index (χ3n) is 5.63. The summed E-state index contributed by atoms with van der Waals surface area (Å²) in [5, 5.41) is 13.7. The van der Waals surface area contributed by atoms with Gasteiger partial charge >= 0.3 is 0 Å². The number of rotatable bonds is 30. The SMILES string of the molecule is COCCOCCOCCOCCOc1cc(C(=O)NCCC(C)C)cc(OCCOCCOCCOCCOC)c1O. The second kappa shape index (κ2) is 27.3. The third kappa shape index (κ3) is 21.2. The van der Waals surface area contributed by atoms with E-state index in [9.17, 15) is 9.90 Å². The summed E-state index contributed by atoms with van der Waals surface area (Å²) in [6.45, 7) is 11.2. The minimum absolute atomic E-state index is 0.126. The summed E-state index contributed by atoms with van der Waals surface area (Å²) in [5.41, 5.74) is 0.315. The van der Waals surface area contributed by atoms with Crippen molar-refractivity contribution in [2.24, 2.45) is 5.92 Å². The van der Waals surface area contributed by atoms with Gasteiger partial charge in [-0.3, -0.25) is 4.79 Å². The van der Waals surface area contributed by atoms with Crippen molar-refractivity contribution in [3.63, 3.8) is 0 Å². The molecule has 0 heterocycles. The molecule has 0 bridgehead atoms. The second-order valence-corrected chi connectivity index (χ2v) is 9.62. The number of carbonyl (C=O) groups excluding carboxylic acids is 1. The van der Waals surface area contributed by atoms with E-state index in [2.05, 4.69) is 19.2 Å². The van der Waals surface area contributed by atoms with Gasteiger partial charge in [-0.25, -0.2) is 0 Å². The van der Waals surface area contributed by atoms with Crippen LogP contribution < -0.4 is 14.8 Å². The highest BCUT2D eigenvalue weighted by atomic mass is 16.6. The molecule has 43 heavy (non-hydrogen) atoms. The van der Waals surface area contributed by atoms with Gasteiger partial charge in [0.15, 0.2) is 11.5 Å². The minimum Gasteiger partial charge on any atom is -0.502 e. The van der Waals surface area contributed by atoms with Crippen molar-refractivity contribution in [2.45, 2.75) is 20.3 Å². The highest BCUT2D eigenvalue weighted by Crippen LogP contribution is 2.37. The Labute approximate surface area is 256 Å². The van der Waals surface area contributed by atoms with E-state index in [4.69, 9.17) is 47.4 Å². The predicted octanol–water partition coefficient (Wildman–Crippen LogP) is 2.32. The second-order valence-electron chi connectivity index (χ2n) is 9.62. The zero-order valence-corrected chi connectivity index (χ0v) is 26.4. The van der Waals surface area contributed by atoms with E-state index in [1.54, 1.807) is 14.2 Å². The van der Waals surface area contributed by atoms with Crippen LogP contribution in [0.4, 0.5) is 0 Å². The molecule has 13 nitrogen and oxygen atoms in total. The normalized spacial score (nSPS) is 11.3. The van der Waals surface area contributed by atoms with Crippen LogP contribution in [0.15, 0.2) is 12.1 Å². The first kappa shape index (κ1) is 38.8. The van der Waals surface area contributed by atoms with E-state index in [0.717, 1.165) is 6.42 Å². The number of aromatic hydroxyl groups is 1. The van der Waals surface area contributed by atoms with Crippen LogP contribution in [0.25, 0.3) is 0 Å². The summed E-state index contributed by atoms with van der Waals surface area (Å²) in [4.78, 5) is 12.8. The summed E-state index contributed by atoms with van der Waals surface area (Å²) < 4.78 is 53.9. The van der Waals surface area contributed by atoms with Crippen molar-refractivity contribution in [1.82, 2.24) is 5.32 Å². The largest absolute Gasteiger partial charge is 0.502 e. The fourth-order valence-corrected chi connectivity index (χ4v) is 3.30. The molecule has 1 rings (SSSR count). The van der Waals surface area contributed by atoms with Crippen LogP contribution in [0, 0.1) is 5.92 Å². The molecule has 0 atom stereocenters. The van der Waals surface area contributed by atoms with E-state index in [1.165, 1.54) is 12.1 Å². The Bertz CT molecular complexity index is 762. The van der Waals surface area contributed by atoms with Crippen molar-refractivity contribution in [1.29, 1.82) is 0 Å². The summed E-state index contributed by atoms with van der Waals surface area (Å²) >= 11 is 0. The Balaban J connectivity index is 2.46. The average Bonchev–Trinajstić information content (AvgIpc) is 2.99. The van der Waals surface area contributed by atoms with Gasteiger partial charge in [0, 0.05) is 26.3 Å². The molecule has 0 aromatic heterocycles. The lowest BCUT2D eigenvalue weighted by Gasteiger charge is -2.15. The van der Waals surface area contributed by atoms with Crippen LogP contribution in [0.3, 0.4) is 0 Å². The van der Waals surface area contributed by atoms with Crippen molar-refractivity contribution in [2.75, 3.05) is 126 Å². The van der Waals surface area contributed by atoms with Gasteiger partial charge in [-0.15, -0.1) is 0 Å². The first-order valence-electron chi connectivity index (χ1n) is 14.8. The Hall–Kier alpha value is -2.23. The molecule has 0 saturated heterocycles. The fraction of sp³-hybridized carbons (Fsp3) is 0.767. The zero-order valence-electron chi connectivity index (χ0n) is 26.4. The number of carbonyl (C=O) groups is 1. The van der Waals surface area contributed by atoms with Gasteiger partial charge in [-0.2, -0.15) is 0 Å². The first-order chi connectivity index (χ1) is 21.0. The van der Waals surface area contributed by atoms with Crippen LogP contribution in [0.5, 0.6) is 17.2 Å². The molecular formula is C30H53NO12. The number of methoxy groups -OCH3 is 2. The molecule has 0 spiro atoms. The smallest absolute Gasteiger partial charge is 0.251 e. The standard InChI is InChI=1S/C30H53NO12/c1-25(2)5-6-31-30(33)26-23-27(42-21-19-40-17-15-38-13-11-36-9-7-34-3)29(32)28(24-26)43-22-20-41-18-16-39-14-12-37-10-8-35-4/h23-25,32H,5-22H2,1-4H3,(H,31,33). The molecule has 1 aromatic carbocycles. The highest BCUT2D eigenvalue weighted by Gasteiger charge is 2.17. The molecule has 1 aromatic rings. The van der Waals surface area contributed by atoms with Crippen molar-refractivity contribution >= 4 is 5.91 Å². The Morgan fingerprint density at radius 3 is 1.33 bits per heavy atom. The molecule has 250 valence electrons. The minimum atomic E-state index is -0.283. The quantitative estimate of drug-likeness (QED) is 0.122. The van der Waals surface area contributed by atoms with Crippen LogP contribution in [0.2, 0.25) is 0 Å². The van der Waals surface area contributed by atoms with Gasteiger partial charge in [0.2, 0.25) is 5.75 Å². The monoisotopic (exact) mass is 619 g/mol. The third-order valence-corrected chi connectivity index (χ3v) is 5.63. The van der Waals surface area contributed by atoms with Gasteiger partial charge in [-0.1, -0.05) is 13.8 Å². The molecular weight excluding hydrogens is 566 g/mol. The van der Waals surface area contributed by atoms with E-state index in [-0.39, 0.29) is 49.6 Å². The average molecular weight is 620 g/mol. The van der Waals surface area contributed by atoms with Crippen LogP contribution in [0.1, 0.15) is 30.6 Å². The predicted molar refractivity (Wildman–Crippen MR) is 160 cm³/mol. The number of phenolic OH excluding ortho intramolecular Hbond substituents is 1. The lowest BCUT2D eigenvalue weighted by Crippen LogP contribution is -2.25. The molecule has 1 amide bonds. The molecule has 0 radical (unpaired) electrons. The first-order valence-corrected chi connectivity index (χ1v) is 14.8. The summed E-state index contributed by atoms with van der Waals surface area (Å²) in [6.07, 6.45) is 0.848. The summed E-state index contributed by atoms with van der Waals surface area (Å²) in [5.74, 6) is 0.224. The summed E-state index contributed by atoms with van der Waals surface area (Å²) in [7, 11) is 3.25. The number of ether oxygens (including phenoxy) is 10. The van der Waals surface area contributed by atoms with Gasteiger partial charge in [0.1, 0.15) is 13.2 Å². The van der Waals surface area contributed by atoms with Crippen LogP contribution in [-0.2, 0) is 37.9 Å². The molecule has 0 fully saturated rings. The van der Waals surface area contributed by atoms with Crippen LogP contribution >= 0.6 is 0 Å². The highest BCUT2D eigenvalue weighted by molar-refractivity contribution is 5.95. The van der Waals surface area contributed by atoms with Gasteiger partial charge in [0.05, 0.1) is 92.5 Å². The van der Waals surface area contributed by atoms with E-state index in [0.29, 0.717) is 97.3 Å². The lowest BCUT2D eigenvalue weighted by molar-refractivity contribution is -0.000274. The number of amides is 1. The lowest BCUT2D eigenvalue weighted by atomic mass is 10.1. The van der Waals surface area contributed by atoms with Gasteiger partial charge in [-0.05, 0) is 24.5 Å². The topological polar surface area (TPSA) is 142 Å². The van der Waals surface area contributed by atoms with E-state index >= 15 is 0 Å². The number of benzene rings is 1. The van der Waals surface area contributed by atoms with Crippen molar-refractivity contribution < 1.29 is 57.3 Å². The molecule has 13 heteroatoms. The molecule has 0 aliphatic carbocycles. The van der Waals surface area contributed by atoms with Gasteiger partial charge < -0.3 is 57.8 Å². The molecule has 0 aliphatic rings. The maximum atomic E-state index is 12.8. The molecule has 0 saturated carbocycles. The maximum Gasteiger partial charge on any atom is 0.251 e. The van der Waals surface area contributed by atoms with E-state index < -0.39 is 0 Å². The molecule has 0 unspecified atom stereocenters. The van der Waals surface area contributed by atoms with Crippen LogP contribution in [-0.4, -0.2) is 137 Å². The number of hydrogen-bond donors (Lipinski definition) is 2. The van der Waals surface area contributed by atoms with E-state index in [1.807, 2.05) is 0 Å². The summed E-state index contributed by atoms with van der Waals surface area (Å²) in [6, 6.07) is 2.98. The number of nitrogens with one attached hydrogen (secondary N) is 1. The van der Waals surface area contributed by atoms with Crippen molar-refractivity contribution in [3.05, 3.63) is 17.7 Å². The fourth-order valence-electron chi connectivity index (χ4n) is 3.30.